The van der Waals surface area contributed by atoms with Crippen molar-refractivity contribution in [2.75, 3.05) is 5.32 Å². The Morgan fingerprint density at radius 1 is 1.06 bits per heavy atom. The minimum absolute atomic E-state index is 0.199. The van der Waals surface area contributed by atoms with Gasteiger partial charge in [-0.05, 0) is 49.7 Å². The summed E-state index contributed by atoms with van der Waals surface area (Å²) in [5, 5.41) is 12.4. The molecular weight excluding hydrogens is 440 g/mol. The first kappa shape index (κ1) is 21.1. The third kappa shape index (κ3) is 4.47. The molecule has 0 aliphatic heterocycles. The van der Waals surface area contributed by atoms with Crippen LogP contribution in [0.2, 0.25) is 10.2 Å². The number of nitrogens with one attached hydrogen (secondary N) is 1. The Morgan fingerprint density at radius 3 is 2.52 bits per heavy atom. The van der Waals surface area contributed by atoms with Gasteiger partial charge in [-0.3, -0.25) is 4.79 Å². The summed E-state index contributed by atoms with van der Waals surface area (Å²) in [5.41, 5.74) is 3.00. The van der Waals surface area contributed by atoms with Gasteiger partial charge in [0.25, 0.3) is 5.91 Å². The number of carbonyl (C=O) groups is 1. The second-order valence-electron chi connectivity index (χ2n) is 7.05. The van der Waals surface area contributed by atoms with Crippen LogP contribution in [0.3, 0.4) is 0 Å². The average Bonchev–Trinajstić information content (AvgIpc) is 3.22. The van der Waals surface area contributed by atoms with Crippen LogP contribution in [0.15, 0.2) is 54.6 Å². The zero-order valence-electron chi connectivity index (χ0n) is 16.7. The lowest BCUT2D eigenvalue weighted by Gasteiger charge is -2.09. The Morgan fingerprint density at radius 2 is 1.81 bits per heavy atom. The zero-order valence-corrected chi connectivity index (χ0v) is 18.2. The molecule has 0 saturated carbocycles. The summed E-state index contributed by atoms with van der Waals surface area (Å²) < 4.78 is 16.3. The molecule has 0 fully saturated rings. The van der Waals surface area contributed by atoms with Gasteiger partial charge in [0.1, 0.15) is 16.8 Å². The summed E-state index contributed by atoms with van der Waals surface area (Å²) in [6.07, 6.45) is 0. The van der Waals surface area contributed by atoms with Crippen molar-refractivity contribution >= 4 is 34.9 Å². The maximum atomic E-state index is 13.1. The number of anilines is 1. The van der Waals surface area contributed by atoms with Crippen molar-refractivity contribution in [3.8, 4) is 5.69 Å². The van der Waals surface area contributed by atoms with Crippen LogP contribution < -0.4 is 5.32 Å². The van der Waals surface area contributed by atoms with Gasteiger partial charge in [0, 0.05) is 11.1 Å². The van der Waals surface area contributed by atoms with E-state index in [1.54, 1.807) is 48.0 Å². The summed E-state index contributed by atoms with van der Waals surface area (Å²) in [7, 11) is 0. The number of rotatable bonds is 5. The molecule has 0 spiro atoms. The first-order chi connectivity index (χ1) is 14.8. The molecule has 0 unspecified atom stereocenters. The topological polar surface area (TPSA) is 64.7 Å². The lowest BCUT2D eigenvalue weighted by molar-refractivity contribution is 0.102. The summed E-state index contributed by atoms with van der Waals surface area (Å²) in [6, 6.07) is 14.9. The monoisotopic (exact) mass is 457 g/mol. The summed E-state index contributed by atoms with van der Waals surface area (Å²) >= 11 is 12.6. The smallest absolute Gasteiger partial charge is 0.261 e. The average molecular weight is 458 g/mol. The number of halogens is 3. The lowest BCUT2D eigenvalue weighted by Crippen LogP contribution is -2.16. The molecule has 2 heterocycles. The Balaban J connectivity index is 1.61. The number of aryl methyl sites for hydroxylation is 2. The van der Waals surface area contributed by atoms with Crippen LogP contribution in [-0.4, -0.2) is 25.5 Å². The van der Waals surface area contributed by atoms with Crippen molar-refractivity contribution in [2.45, 2.75) is 20.4 Å². The quantitative estimate of drug-likeness (QED) is 0.434. The third-order valence-electron chi connectivity index (χ3n) is 4.66. The molecule has 2 aromatic heterocycles. The van der Waals surface area contributed by atoms with Crippen LogP contribution in [0.25, 0.3) is 5.69 Å². The highest BCUT2D eigenvalue weighted by Gasteiger charge is 2.22. The maximum absolute atomic E-state index is 13.1. The van der Waals surface area contributed by atoms with Gasteiger partial charge in [0.2, 0.25) is 0 Å². The summed E-state index contributed by atoms with van der Waals surface area (Å²) in [6.45, 7) is 3.85. The van der Waals surface area contributed by atoms with E-state index in [9.17, 15) is 9.18 Å². The standard InChI is InChI=1S/C22H18Cl2FN5O/c1-13-10-19(30(27-13)18-5-3-4-16(23)11-18)26-22(31)20-14(2)28-29(21(20)24)12-15-6-8-17(25)9-7-15/h3-11H,12H2,1-2H3,(H,26,31). The van der Waals surface area contributed by atoms with Crippen LogP contribution >= 0.6 is 23.2 Å². The number of amides is 1. The molecule has 0 aliphatic carbocycles. The summed E-state index contributed by atoms with van der Waals surface area (Å²) in [5.74, 6) is -0.249. The van der Waals surface area contributed by atoms with Gasteiger partial charge in [0.05, 0.1) is 29.2 Å². The third-order valence-corrected chi connectivity index (χ3v) is 5.28. The molecule has 0 radical (unpaired) electrons. The second kappa shape index (κ2) is 8.53. The molecule has 4 aromatic rings. The highest BCUT2D eigenvalue weighted by Crippen LogP contribution is 2.25. The molecule has 2 aromatic carbocycles. The molecule has 0 atom stereocenters. The van der Waals surface area contributed by atoms with Crippen molar-refractivity contribution in [3.05, 3.63) is 93.1 Å². The lowest BCUT2D eigenvalue weighted by atomic mass is 10.2. The molecule has 1 N–H and O–H groups in total. The molecule has 6 nitrogen and oxygen atoms in total. The first-order valence-electron chi connectivity index (χ1n) is 9.43. The molecular formula is C22H18Cl2FN5O. The fourth-order valence-electron chi connectivity index (χ4n) is 3.25. The van der Waals surface area contributed by atoms with E-state index in [1.165, 1.54) is 16.8 Å². The van der Waals surface area contributed by atoms with Crippen molar-refractivity contribution in [3.63, 3.8) is 0 Å². The van der Waals surface area contributed by atoms with E-state index in [2.05, 4.69) is 15.5 Å². The van der Waals surface area contributed by atoms with Gasteiger partial charge in [-0.1, -0.05) is 41.4 Å². The minimum Gasteiger partial charge on any atom is -0.306 e. The number of nitrogens with zero attached hydrogens (tertiary/aromatic N) is 4. The Bertz CT molecular complexity index is 1260. The molecule has 4 rings (SSSR count). The number of carbonyl (C=O) groups excluding carboxylic acids is 1. The van der Waals surface area contributed by atoms with E-state index in [-0.39, 0.29) is 16.5 Å². The van der Waals surface area contributed by atoms with Gasteiger partial charge in [-0.2, -0.15) is 10.2 Å². The predicted octanol–water partition coefficient (Wildman–Crippen LogP) is 5.43. The Hall–Kier alpha value is -3.16. The number of benzene rings is 2. The van der Waals surface area contributed by atoms with Crippen LogP contribution in [0.5, 0.6) is 0 Å². The van der Waals surface area contributed by atoms with Gasteiger partial charge in [-0.25, -0.2) is 13.8 Å². The van der Waals surface area contributed by atoms with Crippen molar-refractivity contribution in [2.24, 2.45) is 0 Å². The molecule has 158 valence electrons. The number of aromatic nitrogens is 4. The van der Waals surface area contributed by atoms with Gasteiger partial charge < -0.3 is 5.32 Å². The first-order valence-corrected chi connectivity index (χ1v) is 10.2. The van der Waals surface area contributed by atoms with Gasteiger partial charge >= 0.3 is 0 Å². The normalized spacial score (nSPS) is 11.0. The molecule has 31 heavy (non-hydrogen) atoms. The molecule has 0 saturated heterocycles. The van der Waals surface area contributed by atoms with Crippen molar-refractivity contribution in [1.82, 2.24) is 19.6 Å². The van der Waals surface area contributed by atoms with Crippen molar-refractivity contribution in [1.29, 1.82) is 0 Å². The highest BCUT2D eigenvalue weighted by atomic mass is 35.5. The molecule has 9 heteroatoms. The maximum Gasteiger partial charge on any atom is 0.261 e. The number of hydrogen-bond donors (Lipinski definition) is 1. The van der Waals surface area contributed by atoms with Gasteiger partial charge in [-0.15, -0.1) is 0 Å². The predicted molar refractivity (Wildman–Crippen MR) is 119 cm³/mol. The van der Waals surface area contributed by atoms with E-state index in [0.29, 0.717) is 28.8 Å². The van der Waals surface area contributed by atoms with E-state index < -0.39 is 5.91 Å². The Kier molecular flexibility index (Phi) is 5.80. The minimum atomic E-state index is -0.406. The van der Waals surface area contributed by atoms with Crippen LogP contribution in [0.4, 0.5) is 10.2 Å². The molecule has 0 aliphatic rings. The van der Waals surface area contributed by atoms with Crippen LogP contribution in [0.1, 0.15) is 27.3 Å². The van der Waals surface area contributed by atoms with Crippen LogP contribution in [0, 0.1) is 19.7 Å². The van der Waals surface area contributed by atoms with Crippen LogP contribution in [-0.2, 0) is 6.54 Å². The number of hydrogen-bond acceptors (Lipinski definition) is 3. The van der Waals surface area contributed by atoms with E-state index in [1.807, 2.05) is 13.0 Å². The van der Waals surface area contributed by atoms with E-state index in [4.69, 9.17) is 23.2 Å². The van der Waals surface area contributed by atoms with E-state index in [0.717, 1.165) is 11.3 Å². The van der Waals surface area contributed by atoms with Gasteiger partial charge in [0.15, 0.2) is 0 Å². The van der Waals surface area contributed by atoms with E-state index >= 15 is 0 Å². The van der Waals surface area contributed by atoms with Crippen molar-refractivity contribution < 1.29 is 9.18 Å². The summed E-state index contributed by atoms with van der Waals surface area (Å²) in [4.78, 5) is 13.1. The Labute approximate surface area is 188 Å². The second-order valence-corrected chi connectivity index (χ2v) is 7.85. The molecule has 1 amide bonds. The highest BCUT2D eigenvalue weighted by molar-refractivity contribution is 6.33. The molecule has 0 bridgehead atoms. The SMILES string of the molecule is Cc1cc(NC(=O)c2c(C)nn(Cc3ccc(F)cc3)c2Cl)n(-c2cccc(Cl)c2)n1. The fourth-order valence-corrected chi connectivity index (χ4v) is 3.76. The zero-order chi connectivity index (χ0) is 22.1. The fraction of sp³-hybridized carbons (Fsp3) is 0.136. The largest absolute Gasteiger partial charge is 0.306 e.